The Morgan fingerprint density at radius 3 is 2.78 bits per heavy atom. The predicted molar refractivity (Wildman–Crippen MR) is 106 cm³/mol. The molecule has 1 fully saturated rings. The summed E-state index contributed by atoms with van der Waals surface area (Å²) in [4.78, 5) is 18.5. The maximum atomic E-state index is 11.8. The summed E-state index contributed by atoms with van der Waals surface area (Å²) in [5.41, 5.74) is 0. The molecule has 152 valence electrons. The molecule has 1 aromatic heterocycles. The van der Waals surface area contributed by atoms with E-state index in [0.717, 1.165) is 45.4 Å². The number of hydrogen-bond donors (Lipinski definition) is 4. The van der Waals surface area contributed by atoms with Crippen molar-refractivity contribution in [2.24, 2.45) is 4.99 Å². The third-order valence-corrected chi connectivity index (χ3v) is 4.51. The van der Waals surface area contributed by atoms with Gasteiger partial charge in [-0.1, -0.05) is 6.92 Å². The topological polar surface area (TPSA) is 102 Å². The minimum atomic E-state index is -0.751. The fourth-order valence-corrected chi connectivity index (χ4v) is 3.02. The Kier molecular flexibility index (Phi) is 9.13. The predicted octanol–water partition coefficient (Wildman–Crippen LogP) is 0.859. The van der Waals surface area contributed by atoms with Gasteiger partial charge in [0.2, 0.25) is 5.91 Å². The maximum absolute atomic E-state index is 11.8. The molecule has 8 heteroatoms. The zero-order valence-corrected chi connectivity index (χ0v) is 16.4. The van der Waals surface area contributed by atoms with Gasteiger partial charge < -0.3 is 25.5 Å². The zero-order valence-electron chi connectivity index (χ0n) is 16.4. The summed E-state index contributed by atoms with van der Waals surface area (Å²) in [6.07, 6.45) is 3.65. The first kappa shape index (κ1) is 21.2. The molecule has 0 aromatic carbocycles. The minimum absolute atomic E-state index is 0.102. The number of likely N-dealkylation sites (tertiary alicyclic amines) is 1. The van der Waals surface area contributed by atoms with Crippen LogP contribution in [0.1, 0.15) is 45.0 Å². The van der Waals surface area contributed by atoms with Crippen LogP contribution < -0.4 is 16.0 Å². The molecule has 1 atom stereocenters. The lowest BCUT2D eigenvalue weighted by atomic mass is 10.1. The summed E-state index contributed by atoms with van der Waals surface area (Å²) in [5, 5.41) is 19.7. The average Bonchev–Trinajstić information content (AvgIpc) is 3.21. The fourth-order valence-electron chi connectivity index (χ4n) is 3.02. The van der Waals surface area contributed by atoms with E-state index < -0.39 is 6.10 Å². The lowest BCUT2D eigenvalue weighted by molar-refractivity contribution is -0.122. The number of aliphatic hydroxyl groups excluding tert-OH is 1. The van der Waals surface area contributed by atoms with Crippen LogP contribution in [0.4, 0.5) is 0 Å². The molecule has 2 rings (SSSR count). The highest BCUT2D eigenvalue weighted by Gasteiger charge is 2.21. The second-order valence-electron chi connectivity index (χ2n) is 6.80. The monoisotopic (exact) mass is 379 g/mol. The number of guanidine groups is 1. The van der Waals surface area contributed by atoms with Crippen LogP contribution in [0.15, 0.2) is 27.8 Å². The highest BCUT2D eigenvalue weighted by molar-refractivity contribution is 5.80. The molecule has 2 heterocycles. The van der Waals surface area contributed by atoms with Gasteiger partial charge in [0, 0.05) is 32.2 Å². The standard InChI is InChI=1S/C19H33N5O3/c1-3-9-21-18(26)14-24-10-7-15(8-11-24)23-19(20-4-2)22-13-16(25)17-6-5-12-27-17/h5-6,12,15-16,25H,3-4,7-11,13-14H2,1-2H3,(H,21,26)(H2,20,22,23). The van der Waals surface area contributed by atoms with Gasteiger partial charge in [0.05, 0.1) is 19.4 Å². The lowest BCUT2D eigenvalue weighted by Crippen LogP contribution is -2.50. The Bertz CT molecular complexity index is 568. The van der Waals surface area contributed by atoms with Crippen LogP contribution >= 0.6 is 0 Å². The average molecular weight is 380 g/mol. The van der Waals surface area contributed by atoms with Gasteiger partial charge in [-0.2, -0.15) is 0 Å². The molecule has 0 spiro atoms. The number of aliphatic imine (C=N–C) groups is 1. The Hall–Kier alpha value is -2.06. The number of carbonyl (C=O) groups is 1. The molecule has 1 amide bonds. The third kappa shape index (κ3) is 7.60. The van der Waals surface area contributed by atoms with E-state index in [1.165, 1.54) is 0 Å². The van der Waals surface area contributed by atoms with E-state index in [1.807, 2.05) is 6.92 Å². The number of nitrogens with one attached hydrogen (secondary N) is 3. The van der Waals surface area contributed by atoms with Crippen molar-refractivity contribution in [3.63, 3.8) is 0 Å². The maximum Gasteiger partial charge on any atom is 0.234 e. The quantitative estimate of drug-likeness (QED) is 0.375. The third-order valence-electron chi connectivity index (χ3n) is 4.51. The minimum Gasteiger partial charge on any atom is -0.467 e. The number of carbonyl (C=O) groups excluding carboxylic acids is 1. The van der Waals surface area contributed by atoms with Crippen LogP contribution in [0.2, 0.25) is 0 Å². The first-order valence-corrected chi connectivity index (χ1v) is 9.87. The van der Waals surface area contributed by atoms with Crippen LogP contribution in [0.5, 0.6) is 0 Å². The van der Waals surface area contributed by atoms with E-state index in [9.17, 15) is 9.90 Å². The number of nitrogens with zero attached hydrogens (tertiary/aromatic N) is 2. The normalized spacial score (nSPS) is 17.5. The number of piperidine rings is 1. The van der Waals surface area contributed by atoms with Gasteiger partial charge in [-0.15, -0.1) is 0 Å². The van der Waals surface area contributed by atoms with Crippen molar-refractivity contribution >= 4 is 11.9 Å². The molecular formula is C19H33N5O3. The van der Waals surface area contributed by atoms with E-state index in [2.05, 4.69) is 32.8 Å². The summed E-state index contributed by atoms with van der Waals surface area (Å²) >= 11 is 0. The molecule has 8 nitrogen and oxygen atoms in total. The van der Waals surface area contributed by atoms with Crippen LogP contribution in [0.3, 0.4) is 0 Å². The molecule has 1 unspecified atom stereocenters. The highest BCUT2D eigenvalue weighted by atomic mass is 16.4. The molecule has 0 bridgehead atoms. The van der Waals surface area contributed by atoms with Crippen LogP contribution in [0.25, 0.3) is 0 Å². The summed E-state index contributed by atoms with van der Waals surface area (Å²) < 4.78 is 5.21. The molecule has 4 N–H and O–H groups in total. The van der Waals surface area contributed by atoms with Crippen molar-refractivity contribution in [2.45, 2.75) is 45.3 Å². The number of amides is 1. The van der Waals surface area contributed by atoms with Gasteiger partial charge in [-0.25, -0.2) is 0 Å². The Balaban J connectivity index is 1.76. The summed E-state index contributed by atoms with van der Waals surface area (Å²) in [5.74, 6) is 1.32. The Morgan fingerprint density at radius 1 is 1.37 bits per heavy atom. The van der Waals surface area contributed by atoms with E-state index >= 15 is 0 Å². The van der Waals surface area contributed by atoms with Gasteiger partial charge in [-0.05, 0) is 38.3 Å². The largest absolute Gasteiger partial charge is 0.467 e. The fraction of sp³-hybridized carbons (Fsp3) is 0.684. The smallest absolute Gasteiger partial charge is 0.234 e. The molecule has 1 aliphatic rings. The summed E-state index contributed by atoms with van der Waals surface area (Å²) in [6, 6.07) is 3.80. The van der Waals surface area contributed by atoms with Crippen LogP contribution in [-0.2, 0) is 4.79 Å². The molecular weight excluding hydrogens is 346 g/mol. The number of furan rings is 1. The molecule has 0 saturated carbocycles. The van der Waals surface area contributed by atoms with E-state index in [-0.39, 0.29) is 12.5 Å². The molecule has 1 aromatic rings. The Morgan fingerprint density at radius 2 is 2.15 bits per heavy atom. The van der Waals surface area contributed by atoms with Gasteiger partial charge in [0.1, 0.15) is 11.9 Å². The molecule has 0 aliphatic carbocycles. The van der Waals surface area contributed by atoms with Crippen molar-refractivity contribution < 1.29 is 14.3 Å². The summed E-state index contributed by atoms with van der Waals surface area (Å²) in [6.45, 7) is 8.02. The zero-order chi connectivity index (χ0) is 19.5. The first-order valence-electron chi connectivity index (χ1n) is 9.87. The Labute approximate surface area is 161 Å². The molecule has 1 aliphatic heterocycles. The van der Waals surface area contributed by atoms with Gasteiger partial charge in [0.25, 0.3) is 0 Å². The van der Waals surface area contributed by atoms with Crippen LogP contribution in [-0.4, -0.2) is 67.2 Å². The van der Waals surface area contributed by atoms with Crippen molar-refractivity contribution in [3.8, 4) is 0 Å². The number of rotatable bonds is 9. The van der Waals surface area contributed by atoms with E-state index in [0.29, 0.717) is 24.3 Å². The van der Waals surface area contributed by atoms with Gasteiger partial charge in [-0.3, -0.25) is 14.7 Å². The van der Waals surface area contributed by atoms with Crippen molar-refractivity contribution in [2.75, 3.05) is 39.3 Å². The number of hydrogen-bond acceptors (Lipinski definition) is 5. The molecule has 1 saturated heterocycles. The van der Waals surface area contributed by atoms with Crippen molar-refractivity contribution in [3.05, 3.63) is 24.2 Å². The SMILES string of the molecule is CCCNC(=O)CN1CCC(NC(=NCC(O)c2ccco2)NCC)CC1. The molecule has 27 heavy (non-hydrogen) atoms. The van der Waals surface area contributed by atoms with E-state index in [1.54, 1.807) is 18.4 Å². The van der Waals surface area contributed by atoms with Crippen molar-refractivity contribution in [1.29, 1.82) is 0 Å². The molecule has 0 radical (unpaired) electrons. The highest BCUT2D eigenvalue weighted by Crippen LogP contribution is 2.13. The first-order chi connectivity index (χ1) is 13.1. The van der Waals surface area contributed by atoms with Gasteiger partial charge in [0.15, 0.2) is 5.96 Å². The van der Waals surface area contributed by atoms with E-state index in [4.69, 9.17) is 4.42 Å². The summed E-state index contributed by atoms with van der Waals surface area (Å²) in [7, 11) is 0. The lowest BCUT2D eigenvalue weighted by Gasteiger charge is -2.32. The number of aliphatic hydroxyl groups is 1. The van der Waals surface area contributed by atoms with Crippen LogP contribution in [0, 0.1) is 0 Å². The van der Waals surface area contributed by atoms with Gasteiger partial charge >= 0.3 is 0 Å². The second kappa shape index (κ2) is 11.6. The second-order valence-corrected chi connectivity index (χ2v) is 6.80. The van der Waals surface area contributed by atoms with Crippen molar-refractivity contribution in [1.82, 2.24) is 20.9 Å².